The fraction of sp³-hybridized carbons (Fsp3) is 0.389. The van der Waals surface area contributed by atoms with Crippen molar-refractivity contribution >= 4 is 29.7 Å². The second-order valence-corrected chi connectivity index (χ2v) is 6.83. The van der Waals surface area contributed by atoms with E-state index in [0.717, 1.165) is 31.7 Å². The number of thiophene rings is 1. The van der Waals surface area contributed by atoms with Crippen LogP contribution in [0.1, 0.15) is 28.1 Å². The first-order valence-corrected chi connectivity index (χ1v) is 8.85. The van der Waals surface area contributed by atoms with Crippen LogP contribution >= 0.6 is 23.7 Å². The highest BCUT2D eigenvalue weighted by atomic mass is 35.5. The molecular weight excluding hydrogens is 344 g/mol. The number of benzene rings is 1. The van der Waals surface area contributed by atoms with Gasteiger partial charge in [0.2, 0.25) is 0 Å². The highest BCUT2D eigenvalue weighted by molar-refractivity contribution is 7.09. The number of hydrogen-bond donors (Lipinski definition) is 1. The van der Waals surface area contributed by atoms with Crippen LogP contribution in [0.3, 0.4) is 0 Å². The van der Waals surface area contributed by atoms with E-state index < -0.39 is 0 Å². The van der Waals surface area contributed by atoms with Gasteiger partial charge in [-0.3, -0.25) is 4.79 Å². The van der Waals surface area contributed by atoms with E-state index in [1.165, 1.54) is 4.88 Å². The van der Waals surface area contributed by atoms with Crippen molar-refractivity contribution in [1.29, 1.82) is 0 Å². The van der Waals surface area contributed by atoms with Gasteiger partial charge in [0, 0.05) is 23.5 Å². The Kier molecular flexibility index (Phi) is 7.09. The molecule has 1 aliphatic heterocycles. The molecule has 3 rings (SSSR count). The molecule has 0 atom stereocenters. The van der Waals surface area contributed by atoms with Gasteiger partial charge in [-0.1, -0.05) is 12.1 Å². The molecule has 24 heavy (non-hydrogen) atoms. The van der Waals surface area contributed by atoms with E-state index in [9.17, 15) is 4.79 Å². The van der Waals surface area contributed by atoms with Crippen molar-refractivity contribution < 1.29 is 9.53 Å². The Bertz CT molecular complexity index is 642. The van der Waals surface area contributed by atoms with Crippen molar-refractivity contribution in [3.63, 3.8) is 0 Å². The Labute approximate surface area is 153 Å². The van der Waals surface area contributed by atoms with Crippen LogP contribution in [0.4, 0.5) is 0 Å². The maximum absolute atomic E-state index is 12.7. The minimum absolute atomic E-state index is 0. The predicted molar refractivity (Wildman–Crippen MR) is 100 cm³/mol. The zero-order chi connectivity index (χ0) is 16.1. The first kappa shape index (κ1) is 18.8. The Morgan fingerprint density at radius 3 is 2.79 bits per heavy atom. The van der Waals surface area contributed by atoms with Crippen molar-refractivity contribution in [1.82, 2.24) is 10.2 Å². The maximum atomic E-state index is 12.7. The number of carbonyl (C=O) groups is 1. The molecular formula is C18H23ClN2O2S. The second kappa shape index (κ2) is 9.06. The molecule has 1 saturated heterocycles. The molecule has 0 radical (unpaired) electrons. The van der Waals surface area contributed by atoms with Crippen LogP contribution in [0.2, 0.25) is 0 Å². The van der Waals surface area contributed by atoms with Crippen LogP contribution in [0.5, 0.6) is 5.75 Å². The third-order valence-electron chi connectivity index (χ3n) is 4.22. The number of ether oxygens (including phenoxy) is 1. The molecule has 2 aromatic rings. The largest absolute Gasteiger partial charge is 0.488 e. The van der Waals surface area contributed by atoms with Gasteiger partial charge in [0.15, 0.2) is 0 Å². The zero-order valence-electron chi connectivity index (χ0n) is 13.7. The van der Waals surface area contributed by atoms with Gasteiger partial charge in [0.05, 0.1) is 0 Å². The molecule has 130 valence electrons. The molecule has 4 nitrogen and oxygen atoms in total. The number of carbonyl (C=O) groups excluding carboxylic acids is 1. The highest BCUT2D eigenvalue weighted by Crippen LogP contribution is 2.20. The molecule has 0 saturated carbocycles. The summed E-state index contributed by atoms with van der Waals surface area (Å²) in [6.45, 7) is 2.50. The Hall–Kier alpha value is -1.56. The van der Waals surface area contributed by atoms with E-state index in [4.69, 9.17) is 4.74 Å². The molecule has 1 aromatic heterocycles. The number of amides is 1. The summed E-state index contributed by atoms with van der Waals surface area (Å²) in [5.74, 6) is 0.807. The minimum Gasteiger partial charge on any atom is -0.488 e. The van der Waals surface area contributed by atoms with Crippen molar-refractivity contribution in [3.05, 3.63) is 52.2 Å². The average molecular weight is 367 g/mol. The fourth-order valence-corrected chi connectivity index (χ4v) is 3.45. The monoisotopic (exact) mass is 366 g/mol. The molecule has 1 N–H and O–H groups in total. The smallest absolute Gasteiger partial charge is 0.253 e. The second-order valence-electron chi connectivity index (χ2n) is 5.79. The van der Waals surface area contributed by atoms with Crippen LogP contribution in [-0.2, 0) is 6.61 Å². The maximum Gasteiger partial charge on any atom is 0.253 e. The van der Waals surface area contributed by atoms with Gasteiger partial charge in [0.1, 0.15) is 12.4 Å². The highest BCUT2D eigenvalue weighted by Gasteiger charge is 2.23. The van der Waals surface area contributed by atoms with Crippen molar-refractivity contribution in [2.24, 2.45) is 0 Å². The fourth-order valence-electron chi connectivity index (χ4n) is 2.83. The summed E-state index contributed by atoms with van der Waals surface area (Å²) in [5.41, 5.74) is 0.690. The van der Waals surface area contributed by atoms with Crippen LogP contribution in [0.15, 0.2) is 41.8 Å². The third-order valence-corrected chi connectivity index (χ3v) is 5.07. The van der Waals surface area contributed by atoms with E-state index >= 15 is 0 Å². The van der Waals surface area contributed by atoms with Crippen LogP contribution in [-0.4, -0.2) is 37.0 Å². The Morgan fingerprint density at radius 2 is 2.08 bits per heavy atom. The van der Waals surface area contributed by atoms with Crippen LogP contribution in [0.25, 0.3) is 0 Å². The molecule has 1 amide bonds. The summed E-state index contributed by atoms with van der Waals surface area (Å²) in [6.07, 6.45) is 2.02. The molecule has 0 aliphatic carbocycles. The van der Waals surface area contributed by atoms with Gasteiger partial charge < -0.3 is 15.0 Å². The summed E-state index contributed by atoms with van der Waals surface area (Å²) in [5, 5.41) is 5.36. The summed E-state index contributed by atoms with van der Waals surface area (Å²) >= 11 is 1.67. The molecule has 1 aromatic carbocycles. The van der Waals surface area contributed by atoms with E-state index in [0.29, 0.717) is 18.2 Å². The number of hydrogen-bond acceptors (Lipinski definition) is 4. The van der Waals surface area contributed by atoms with Crippen LogP contribution in [0, 0.1) is 0 Å². The van der Waals surface area contributed by atoms with Gasteiger partial charge in [0.25, 0.3) is 5.91 Å². The topological polar surface area (TPSA) is 41.6 Å². The lowest BCUT2D eigenvalue weighted by molar-refractivity contribution is 0.0702. The SMILES string of the molecule is CN(C(=O)c1cccc(OCc2cccs2)c1)C1CCNCC1.Cl. The first-order chi connectivity index (χ1) is 11.2. The summed E-state index contributed by atoms with van der Waals surface area (Å²) in [6, 6.07) is 11.9. The number of halogens is 1. The summed E-state index contributed by atoms with van der Waals surface area (Å²) < 4.78 is 5.80. The Balaban J connectivity index is 0.00000208. The zero-order valence-corrected chi connectivity index (χ0v) is 15.4. The van der Waals surface area contributed by atoms with Gasteiger partial charge in [-0.15, -0.1) is 23.7 Å². The standard InChI is InChI=1S/C18H22N2O2S.ClH/c1-20(15-7-9-19-10-8-15)18(21)14-4-2-5-16(12-14)22-13-17-6-3-11-23-17;/h2-6,11-12,15,19H,7-10,13H2,1H3;1H. The third kappa shape index (κ3) is 4.72. The molecule has 2 heterocycles. The van der Waals surface area contributed by atoms with Crippen molar-refractivity contribution in [2.75, 3.05) is 20.1 Å². The molecule has 0 bridgehead atoms. The van der Waals surface area contributed by atoms with Gasteiger partial charge >= 0.3 is 0 Å². The number of nitrogens with zero attached hydrogens (tertiary/aromatic N) is 1. The molecule has 0 unspecified atom stereocenters. The average Bonchev–Trinajstić information content (AvgIpc) is 3.13. The quantitative estimate of drug-likeness (QED) is 0.879. The predicted octanol–water partition coefficient (Wildman–Crippen LogP) is 3.57. The lowest BCUT2D eigenvalue weighted by Gasteiger charge is -2.31. The van der Waals surface area contributed by atoms with Gasteiger partial charge in [-0.2, -0.15) is 0 Å². The molecule has 1 fully saturated rings. The van der Waals surface area contributed by atoms with Gasteiger partial charge in [-0.05, 0) is 55.6 Å². The lowest BCUT2D eigenvalue weighted by atomic mass is 10.0. The molecule has 0 spiro atoms. The molecule has 6 heteroatoms. The minimum atomic E-state index is 0. The van der Waals surface area contributed by atoms with Crippen LogP contribution < -0.4 is 10.1 Å². The summed E-state index contributed by atoms with van der Waals surface area (Å²) in [4.78, 5) is 15.7. The van der Waals surface area contributed by atoms with Crippen molar-refractivity contribution in [3.8, 4) is 5.75 Å². The summed E-state index contributed by atoms with van der Waals surface area (Å²) in [7, 11) is 1.90. The van der Waals surface area contributed by atoms with E-state index in [1.54, 1.807) is 11.3 Å². The van der Waals surface area contributed by atoms with E-state index in [2.05, 4.69) is 5.32 Å². The Morgan fingerprint density at radius 1 is 1.29 bits per heavy atom. The van der Waals surface area contributed by atoms with E-state index in [1.807, 2.05) is 53.7 Å². The number of rotatable bonds is 5. The number of nitrogens with one attached hydrogen (secondary N) is 1. The normalized spacial score (nSPS) is 14.7. The molecule has 1 aliphatic rings. The van der Waals surface area contributed by atoms with E-state index in [-0.39, 0.29) is 18.3 Å². The lowest BCUT2D eigenvalue weighted by Crippen LogP contribution is -2.43. The van der Waals surface area contributed by atoms with Crippen molar-refractivity contribution in [2.45, 2.75) is 25.5 Å². The first-order valence-electron chi connectivity index (χ1n) is 7.97. The number of piperidine rings is 1. The van der Waals surface area contributed by atoms with Gasteiger partial charge in [-0.25, -0.2) is 0 Å².